The number of piperidine rings is 1. The van der Waals surface area contributed by atoms with E-state index in [-0.39, 0.29) is 16.9 Å². The average Bonchev–Trinajstić information content (AvgIpc) is 3.13. The summed E-state index contributed by atoms with van der Waals surface area (Å²) in [6.45, 7) is 6.59. The molecule has 0 unspecified atom stereocenters. The highest BCUT2D eigenvalue weighted by Gasteiger charge is 2.51. The maximum Gasteiger partial charge on any atom is 0.410 e. The standard InChI is InChI=1S/C24H29NO6S/c1-23(2,3)31-22(26)25-15-13-18(14-16-25)24(29-20-7-5-6-8-21(20)30-24)17-9-11-19(12-10-17)32(4,27)28/h5-12,18H,13-16H2,1-4H3. The van der Waals surface area contributed by atoms with E-state index < -0.39 is 21.2 Å². The van der Waals surface area contributed by atoms with Crippen molar-refractivity contribution in [3.05, 3.63) is 54.1 Å². The van der Waals surface area contributed by atoms with E-state index in [1.165, 1.54) is 6.26 Å². The van der Waals surface area contributed by atoms with Gasteiger partial charge in [-0.1, -0.05) is 12.1 Å². The minimum atomic E-state index is -3.31. The van der Waals surface area contributed by atoms with Crippen LogP contribution in [-0.4, -0.2) is 44.4 Å². The first-order valence-corrected chi connectivity index (χ1v) is 12.6. The molecule has 1 amide bonds. The van der Waals surface area contributed by atoms with Gasteiger partial charge in [0.05, 0.1) is 4.90 Å². The van der Waals surface area contributed by atoms with Crippen molar-refractivity contribution in [2.75, 3.05) is 19.3 Å². The van der Waals surface area contributed by atoms with Crippen LogP contribution in [0.3, 0.4) is 0 Å². The smallest absolute Gasteiger partial charge is 0.410 e. The minimum absolute atomic E-state index is 0.0438. The predicted molar refractivity (Wildman–Crippen MR) is 119 cm³/mol. The minimum Gasteiger partial charge on any atom is -0.444 e. The second kappa shape index (κ2) is 7.99. The van der Waals surface area contributed by atoms with Crippen molar-refractivity contribution < 1.29 is 27.4 Å². The van der Waals surface area contributed by atoms with Crippen LogP contribution >= 0.6 is 0 Å². The van der Waals surface area contributed by atoms with Crippen LogP contribution in [0.5, 0.6) is 11.5 Å². The highest BCUT2D eigenvalue weighted by atomic mass is 32.2. The number of carbonyl (C=O) groups is 1. The van der Waals surface area contributed by atoms with Crippen molar-refractivity contribution >= 4 is 15.9 Å². The molecule has 2 aromatic rings. The number of sulfone groups is 1. The van der Waals surface area contributed by atoms with Crippen molar-refractivity contribution in [1.29, 1.82) is 0 Å². The lowest BCUT2D eigenvalue weighted by Gasteiger charge is -2.41. The second-order valence-electron chi connectivity index (χ2n) is 9.36. The summed E-state index contributed by atoms with van der Waals surface area (Å²) in [5.74, 6) is 0.168. The molecule has 1 fully saturated rings. The molecule has 2 aromatic carbocycles. The number of fused-ring (bicyclic) bond motifs is 1. The van der Waals surface area contributed by atoms with Crippen molar-refractivity contribution in [2.24, 2.45) is 5.92 Å². The zero-order valence-corrected chi connectivity index (χ0v) is 19.6. The van der Waals surface area contributed by atoms with Crippen LogP contribution in [-0.2, 0) is 20.4 Å². The molecule has 8 heteroatoms. The van der Waals surface area contributed by atoms with Gasteiger partial charge in [0.15, 0.2) is 21.3 Å². The SMILES string of the molecule is CC(C)(C)OC(=O)N1CCC(C2(c3ccc(S(C)(=O)=O)cc3)Oc3ccccc3O2)CC1. The fourth-order valence-electron chi connectivity index (χ4n) is 4.19. The Bertz CT molecular complexity index is 1070. The largest absolute Gasteiger partial charge is 0.444 e. The Labute approximate surface area is 189 Å². The van der Waals surface area contributed by atoms with E-state index in [0.717, 1.165) is 5.56 Å². The number of ether oxygens (including phenoxy) is 3. The third-order valence-corrected chi connectivity index (χ3v) is 6.87. The molecule has 2 aliphatic rings. The van der Waals surface area contributed by atoms with Gasteiger partial charge >= 0.3 is 6.09 Å². The maximum atomic E-state index is 12.5. The molecule has 0 radical (unpaired) electrons. The van der Waals surface area contributed by atoms with Crippen LogP contribution in [0, 0.1) is 5.92 Å². The van der Waals surface area contributed by atoms with Crippen LogP contribution in [0.1, 0.15) is 39.2 Å². The van der Waals surface area contributed by atoms with Gasteiger partial charge in [0.2, 0.25) is 0 Å². The van der Waals surface area contributed by atoms with E-state index in [1.807, 2.05) is 45.0 Å². The number of benzene rings is 2. The highest BCUT2D eigenvalue weighted by molar-refractivity contribution is 7.90. The first-order valence-electron chi connectivity index (χ1n) is 10.7. The van der Waals surface area contributed by atoms with E-state index in [0.29, 0.717) is 37.4 Å². The molecule has 0 aliphatic carbocycles. The highest BCUT2D eigenvalue weighted by Crippen LogP contribution is 2.50. The van der Waals surface area contributed by atoms with Crippen LogP contribution in [0.4, 0.5) is 4.79 Å². The zero-order valence-electron chi connectivity index (χ0n) is 18.8. The molecule has 0 saturated carbocycles. The summed E-state index contributed by atoms with van der Waals surface area (Å²) in [6, 6.07) is 14.2. The molecule has 0 bridgehead atoms. The number of hydrogen-bond acceptors (Lipinski definition) is 6. The van der Waals surface area contributed by atoms with Gasteiger partial charge < -0.3 is 19.1 Å². The lowest BCUT2D eigenvalue weighted by molar-refractivity contribution is -0.148. The molecule has 2 aliphatic heterocycles. The third kappa shape index (κ3) is 4.41. The fraction of sp³-hybridized carbons (Fsp3) is 0.458. The molecule has 0 N–H and O–H groups in total. The Balaban J connectivity index is 1.60. The number of hydrogen-bond donors (Lipinski definition) is 0. The summed E-state index contributed by atoms with van der Waals surface area (Å²) < 4.78 is 42.2. The molecular formula is C24H29NO6S. The van der Waals surface area contributed by atoms with Crippen molar-refractivity contribution in [1.82, 2.24) is 4.90 Å². The van der Waals surface area contributed by atoms with E-state index in [2.05, 4.69) is 0 Å². The summed E-state index contributed by atoms with van der Waals surface area (Å²) in [7, 11) is -3.31. The van der Waals surface area contributed by atoms with Gasteiger partial charge in [-0.3, -0.25) is 0 Å². The van der Waals surface area contributed by atoms with Gasteiger partial charge in [0, 0.05) is 30.8 Å². The Kier molecular flexibility index (Phi) is 5.61. The summed E-state index contributed by atoms with van der Waals surface area (Å²) >= 11 is 0. The molecule has 7 nitrogen and oxygen atoms in total. The van der Waals surface area contributed by atoms with Crippen LogP contribution in [0.2, 0.25) is 0 Å². The van der Waals surface area contributed by atoms with Crippen LogP contribution < -0.4 is 9.47 Å². The topological polar surface area (TPSA) is 82.1 Å². The zero-order chi connectivity index (χ0) is 23.1. The Morgan fingerprint density at radius 1 is 1.00 bits per heavy atom. The Hall–Kier alpha value is -2.74. The number of carbonyl (C=O) groups excluding carboxylic acids is 1. The average molecular weight is 460 g/mol. The molecule has 32 heavy (non-hydrogen) atoms. The Morgan fingerprint density at radius 2 is 1.53 bits per heavy atom. The van der Waals surface area contributed by atoms with E-state index in [9.17, 15) is 13.2 Å². The molecule has 172 valence electrons. The molecule has 1 saturated heterocycles. The number of likely N-dealkylation sites (tertiary alicyclic amines) is 1. The monoisotopic (exact) mass is 459 g/mol. The number of para-hydroxylation sites is 2. The molecule has 0 atom stereocenters. The van der Waals surface area contributed by atoms with Gasteiger partial charge in [-0.05, 0) is 70.0 Å². The van der Waals surface area contributed by atoms with Gasteiger partial charge in [0.1, 0.15) is 5.60 Å². The predicted octanol–water partition coefficient (Wildman–Crippen LogP) is 4.36. The molecule has 2 heterocycles. The van der Waals surface area contributed by atoms with Gasteiger partial charge in [0.25, 0.3) is 5.79 Å². The van der Waals surface area contributed by atoms with Crippen LogP contribution in [0.25, 0.3) is 0 Å². The van der Waals surface area contributed by atoms with E-state index >= 15 is 0 Å². The van der Waals surface area contributed by atoms with E-state index in [4.69, 9.17) is 14.2 Å². The number of rotatable bonds is 3. The molecule has 4 rings (SSSR count). The lowest BCUT2D eigenvalue weighted by atomic mass is 9.84. The number of nitrogens with zero attached hydrogens (tertiary/aromatic N) is 1. The van der Waals surface area contributed by atoms with Crippen molar-refractivity contribution in [3.63, 3.8) is 0 Å². The maximum absolute atomic E-state index is 12.5. The van der Waals surface area contributed by atoms with Crippen molar-refractivity contribution in [3.8, 4) is 11.5 Å². The summed E-state index contributed by atoms with van der Waals surface area (Å²) in [5, 5.41) is 0. The quantitative estimate of drug-likeness (QED) is 0.678. The summed E-state index contributed by atoms with van der Waals surface area (Å²) in [4.78, 5) is 14.4. The Morgan fingerprint density at radius 3 is 2.00 bits per heavy atom. The van der Waals surface area contributed by atoms with Crippen molar-refractivity contribution in [2.45, 2.75) is 49.9 Å². The van der Waals surface area contributed by atoms with Gasteiger partial charge in [-0.25, -0.2) is 13.2 Å². The number of amides is 1. The third-order valence-electron chi connectivity index (χ3n) is 5.74. The molecular weight excluding hydrogens is 430 g/mol. The van der Waals surface area contributed by atoms with E-state index in [1.54, 1.807) is 29.2 Å². The second-order valence-corrected chi connectivity index (χ2v) is 11.4. The first-order chi connectivity index (χ1) is 15.0. The summed E-state index contributed by atoms with van der Waals surface area (Å²) in [5.41, 5.74) is 0.201. The fourth-order valence-corrected chi connectivity index (χ4v) is 4.82. The normalized spacial score (nSPS) is 18.4. The van der Waals surface area contributed by atoms with Crippen LogP contribution in [0.15, 0.2) is 53.4 Å². The molecule has 0 aromatic heterocycles. The lowest BCUT2D eigenvalue weighted by Crippen LogP contribution is -2.50. The van der Waals surface area contributed by atoms with Gasteiger partial charge in [-0.2, -0.15) is 0 Å². The van der Waals surface area contributed by atoms with Gasteiger partial charge in [-0.15, -0.1) is 0 Å². The molecule has 0 spiro atoms. The first kappa shape index (κ1) is 22.5. The summed E-state index contributed by atoms with van der Waals surface area (Å²) in [6.07, 6.45) is 2.17.